The molecular weight excluding hydrogens is 328 g/mol. The molecule has 0 saturated carbocycles. The predicted octanol–water partition coefficient (Wildman–Crippen LogP) is 3.67. The first kappa shape index (κ1) is 18.7. The average Bonchev–Trinajstić information content (AvgIpc) is 2.73. The van der Waals surface area contributed by atoms with Gasteiger partial charge in [0.05, 0.1) is 15.9 Å². The predicted molar refractivity (Wildman–Crippen MR) is 93.0 cm³/mol. The van der Waals surface area contributed by atoms with Crippen molar-refractivity contribution in [1.29, 1.82) is 0 Å². The Kier molecular flexibility index (Phi) is 6.88. The number of nitrogens with one attached hydrogen (secondary N) is 1. The lowest BCUT2D eigenvalue weighted by Gasteiger charge is -2.30. The Labute approximate surface area is 138 Å². The van der Waals surface area contributed by atoms with Crippen LogP contribution in [0.15, 0.2) is 4.47 Å². The van der Waals surface area contributed by atoms with E-state index in [-0.39, 0.29) is 6.04 Å². The van der Waals surface area contributed by atoms with E-state index in [1.165, 1.54) is 5.69 Å². The van der Waals surface area contributed by atoms with Crippen molar-refractivity contribution in [2.75, 3.05) is 0 Å². The monoisotopic (exact) mass is 358 g/mol. The van der Waals surface area contributed by atoms with Gasteiger partial charge >= 0.3 is 0 Å². The van der Waals surface area contributed by atoms with Gasteiger partial charge in [-0.2, -0.15) is 5.10 Å². The SMILES string of the molecule is CCc1nn(CC)c(CC(CC(C)C(C)(C)C)NN)c1Br. The van der Waals surface area contributed by atoms with E-state index in [1.54, 1.807) is 0 Å². The van der Waals surface area contributed by atoms with Crippen molar-refractivity contribution in [2.45, 2.75) is 73.4 Å². The number of aromatic nitrogens is 2. The fraction of sp³-hybridized carbons (Fsp3) is 0.812. The average molecular weight is 359 g/mol. The van der Waals surface area contributed by atoms with Gasteiger partial charge in [0.1, 0.15) is 0 Å². The standard InChI is InChI=1S/C16H31BrN4/c1-7-13-15(17)14(21(8-2)20-13)10-12(19-18)9-11(3)16(4,5)6/h11-12,19H,7-10,18H2,1-6H3. The number of hydrogen-bond acceptors (Lipinski definition) is 3. The Morgan fingerprint density at radius 2 is 1.95 bits per heavy atom. The highest BCUT2D eigenvalue weighted by molar-refractivity contribution is 9.10. The molecule has 1 aromatic heterocycles. The number of rotatable bonds is 7. The number of nitrogens with zero attached hydrogens (tertiary/aromatic N) is 2. The summed E-state index contributed by atoms with van der Waals surface area (Å²) in [6.07, 6.45) is 2.90. The normalized spacial score (nSPS) is 15.2. The van der Waals surface area contributed by atoms with E-state index in [1.807, 2.05) is 0 Å². The van der Waals surface area contributed by atoms with Crippen LogP contribution in [0, 0.1) is 11.3 Å². The van der Waals surface area contributed by atoms with Gasteiger partial charge in [-0.25, -0.2) is 0 Å². The molecular formula is C16H31BrN4. The molecule has 1 rings (SSSR count). The molecule has 0 saturated heterocycles. The van der Waals surface area contributed by atoms with Crippen LogP contribution in [0.5, 0.6) is 0 Å². The minimum Gasteiger partial charge on any atom is -0.271 e. The quantitative estimate of drug-likeness (QED) is 0.577. The molecule has 0 aliphatic carbocycles. The Morgan fingerprint density at radius 3 is 2.38 bits per heavy atom. The minimum absolute atomic E-state index is 0.266. The van der Waals surface area contributed by atoms with Crippen LogP contribution in [0.3, 0.4) is 0 Å². The third-order valence-corrected chi connectivity index (χ3v) is 5.40. The molecule has 0 aliphatic rings. The lowest BCUT2D eigenvalue weighted by Crippen LogP contribution is -2.40. The van der Waals surface area contributed by atoms with Gasteiger partial charge in [-0.3, -0.25) is 16.0 Å². The number of hydrazine groups is 1. The number of nitrogens with two attached hydrogens (primary N) is 1. The van der Waals surface area contributed by atoms with E-state index >= 15 is 0 Å². The topological polar surface area (TPSA) is 55.9 Å². The van der Waals surface area contributed by atoms with Crippen molar-refractivity contribution < 1.29 is 0 Å². The van der Waals surface area contributed by atoms with Crippen LogP contribution in [-0.2, 0) is 19.4 Å². The summed E-state index contributed by atoms with van der Waals surface area (Å²) in [7, 11) is 0. The minimum atomic E-state index is 0.266. The molecule has 21 heavy (non-hydrogen) atoms. The Bertz CT molecular complexity index is 448. The van der Waals surface area contributed by atoms with Gasteiger partial charge in [-0.1, -0.05) is 34.6 Å². The van der Waals surface area contributed by atoms with Gasteiger partial charge in [0, 0.05) is 19.0 Å². The van der Waals surface area contributed by atoms with E-state index in [4.69, 9.17) is 5.84 Å². The zero-order chi connectivity index (χ0) is 16.2. The van der Waals surface area contributed by atoms with Crippen LogP contribution in [-0.4, -0.2) is 15.8 Å². The maximum Gasteiger partial charge on any atom is 0.0766 e. The van der Waals surface area contributed by atoms with Crippen LogP contribution in [0.2, 0.25) is 0 Å². The van der Waals surface area contributed by atoms with Crippen molar-refractivity contribution in [3.63, 3.8) is 0 Å². The highest BCUT2D eigenvalue weighted by Gasteiger charge is 2.25. The van der Waals surface area contributed by atoms with E-state index in [2.05, 4.69) is 72.7 Å². The molecule has 0 aliphatic heterocycles. The largest absolute Gasteiger partial charge is 0.271 e. The summed E-state index contributed by atoms with van der Waals surface area (Å²) in [5, 5.41) is 4.66. The molecule has 0 amide bonds. The lowest BCUT2D eigenvalue weighted by atomic mass is 9.78. The molecule has 2 unspecified atom stereocenters. The lowest BCUT2D eigenvalue weighted by molar-refractivity contribution is 0.221. The second-order valence-corrected chi connectivity index (χ2v) is 7.74. The zero-order valence-electron chi connectivity index (χ0n) is 14.3. The smallest absolute Gasteiger partial charge is 0.0766 e. The highest BCUT2D eigenvalue weighted by atomic mass is 79.9. The van der Waals surface area contributed by atoms with E-state index in [0.717, 1.165) is 36.0 Å². The zero-order valence-corrected chi connectivity index (χ0v) is 15.9. The van der Waals surface area contributed by atoms with Crippen molar-refractivity contribution in [1.82, 2.24) is 15.2 Å². The van der Waals surface area contributed by atoms with Crippen LogP contribution in [0.25, 0.3) is 0 Å². The summed E-state index contributed by atoms with van der Waals surface area (Å²) in [4.78, 5) is 0. The van der Waals surface area contributed by atoms with Gasteiger partial charge in [0.25, 0.3) is 0 Å². The van der Waals surface area contributed by atoms with Crippen molar-refractivity contribution in [3.05, 3.63) is 15.9 Å². The second-order valence-electron chi connectivity index (χ2n) is 6.95. The molecule has 0 radical (unpaired) electrons. The van der Waals surface area contributed by atoms with E-state index < -0.39 is 0 Å². The summed E-state index contributed by atoms with van der Waals surface area (Å²) >= 11 is 3.71. The number of halogens is 1. The molecule has 0 fully saturated rings. The van der Waals surface area contributed by atoms with Crippen LogP contribution < -0.4 is 11.3 Å². The van der Waals surface area contributed by atoms with Crippen LogP contribution in [0.1, 0.15) is 59.4 Å². The van der Waals surface area contributed by atoms with Gasteiger partial charge in [-0.15, -0.1) is 0 Å². The summed E-state index contributed by atoms with van der Waals surface area (Å²) in [6, 6.07) is 0.266. The Morgan fingerprint density at radius 1 is 1.33 bits per heavy atom. The molecule has 3 N–H and O–H groups in total. The third kappa shape index (κ3) is 4.80. The molecule has 1 aromatic rings. The molecule has 2 atom stereocenters. The van der Waals surface area contributed by atoms with Crippen LogP contribution in [0.4, 0.5) is 0 Å². The first-order chi connectivity index (χ1) is 9.74. The first-order valence-corrected chi connectivity index (χ1v) is 8.73. The van der Waals surface area contributed by atoms with Gasteiger partial charge in [0.15, 0.2) is 0 Å². The molecule has 0 spiro atoms. The summed E-state index contributed by atoms with van der Waals surface area (Å²) in [6.45, 7) is 14.3. The number of aryl methyl sites for hydroxylation is 2. The van der Waals surface area contributed by atoms with Crippen molar-refractivity contribution >= 4 is 15.9 Å². The molecule has 0 bridgehead atoms. The first-order valence-electron chi connectivity index (χ1n) is 7.94. The van der Waals surface area contributed by atoms with E-state index in [0.29, 0.717) is 11.3 Å². The Hall–Kier alpha value is -0.390. The van der Waals surface area contributed by atoms with Crippen molar-refractivity contribution in [2.24, 2.45) is 17.2 Å². The fourth-order valence-corrected chi connectivity index (χ4v) is 3.16. The third-order valence-electron chi connectivity index (χ3n) is 4.49. The van der Waals surface area contributed by atoms with Gasteiger partial charge in [-0.05, 0) is 47.0 Å². The molecule has 4 nitrogen and oxygen atoms in total. The summed E-state index contributed by atoms with van der Waals surface area (Å²) in [5.41, 5.74) is 5.67. The second kappa shape index (κ2) is 7.75. The molecule has 122 valence electrons. The summed E-state index contributed by atoms with van der Waals surface area (Å²) < 4.78 is 3.24. The fourth-order valence-electron chi connectivity index (χ4n) is 2.44. The summed E-state index contributed by atoms with van der Waals surface area (Å²) in [5.74, 6) is 6.40. The molecule has 1 heterocycles. The van der Waals surface area contributed by atoms with Gasteiger partial charge < -0.3 is 0 Å². The Balaban J connectivity index is 2.89. The number of hydrogen-bond donors (Lipinski definition) is 2. The highest BCUT2D eigenvalue weighted by Crippen LogP contribution is 2.31. The van der Waals surface area contributed by atoms with Gasteiger partial charge in [0.2, 0.25) is 0 Å². The maximum absolute atomic E-state index is 5.80. The van der Waals surface area contributed by atoms with Crippen molar-refractivity contribution in [3.8, 4) is 0 Å². The maximum atomic E-state index is 5.80. The molecule has 0 aromatic carbocycles. The molecule has 5 heteroatoms. The van der Waals surface area contributed by atoms with Crippen LogP contribution >= 0.6 is 15.9 Å². The van der Waals surface area contributed by atoms with E-state index in [9.17, 15) is 0 Å².